The lowest BCUT2D eigenvalue weighted by molar-refractivity contribution is -0.131. The van der Waals surface area contributed by atoms with Gasteiger partial charge in [0, 0.05) is 20.3 Å². The molecule has 0 aliphatic heterocycles. The topological polar surface area (TPSA) is 46.5 Å². The fraction of sp³-hybridized carbons (Fsp3) is 0.625. The minimum atomic E-state index is -0.981. The van der Waals surface area contributed by atoms with Crippen molar-refractivity contribution in [2.75, 3.05) is 14.2 Å². The van der Waals surface area contributed by atoms with Crippen LogP contribution in [0.3, 0.4) is 0 Å². The van der Waals surface area contributed by atoms with Gasteiger partial charge in [-0.25, -0.2) is 4.79 Å². The molecular weight excluding hydrogens is 144 g/mol. The molecule has 0 aliphatic carbocycles. The Morgan fingerprint density at radius 1 is 1.55 bits per heavy atom. The van der Waals surface area contributed by atoms with E-state index in [1.165, 1.54) is 6.42 Å². The van der Waals surface area contributed by atoms with Crippen molar-refractivity contribution in [1.82, 2.24) is 0 Å². The maximum absolute atomic E-state index is 9.25. The van der Waals surface area contributed by atoms with Crippen molar-refractivity contribution in [3.63, 3.8) is 0 Å². The molecule has 0 saturated carbocycles. The lowest BCUT2D eigenvalue weighted by atomic mass is 10.6. The maximum Gasteiger partial charge on any atom is 0.327 e. The number of rotatable bonds is 1. The highest BCUT2D eigenvalue weighted by atomic mass is 16.4. The number of carboxylic acid groups (broad SMARTS) is 1. The maximum atomic E-state index is 9.25. The van der Waals surface area contributed by atoms with Gasteiger partial charge in [0.25, 0.3) is 0 Å². The van der Waals surface area contributed by atoms with Crippen LogP contribution in [0.2, 0.25) is 0 Å². The van der Waals surface area contributed by atoms with Crippen LogP contribution < -0.4 is 0 Å². The van der Waals surface area contributed by atoms with E-state index in [1.807, 2.05) is 0 Å². The molecule has 0 rings (SSSR count). The van der Waals surface area contributed by atoms with Gasteiger partial charge < -0.3 is 9.84 Å². The molecule has 0 atom stereocenters. The molecule has 0 amide bonds. The Labute approximate surface area is 68.7 Å². The minimum absolute atomic E-state index is 0.833. The van der Waals surface area contributed by atoms with E-state index in [1.54, 1.807) is 14.2 Å². The SMILES string of the molecule is C=CC(=O)O.CCC.COC. The third-order valence-electron chi connectivity index (χ3n) is 0.175. The normalized spacial score (nSPS) is 6.18. The Hall–Kier alpha value is -0.830. The fourth-order valence-corrected chi connectivity index (χ4v) is 0. The first-order chi connectivity index (χ1) is 5.10. The van der Waals surface area contributed by atoms with Crippen LogP contribution >= 0.6 is 0 Å². The van der Waals surface area contributed by atoms with Gasteiger partial charge >= 0.3 is 5.97 Å². The zero-order valence-corrected chi connectivity index (χ0v) is 7.76. The van der Waals surface area contributed by atoms with E-state index in [2.05, 4.69) is 25.2 Å². The van der Waals surface area contributed by atoms with Crippen molar-refractivity contribution in [3.8, 4) is 0 Å². The lowest BCUT2D eigenvalue weighted by Crippen LogP contribution is -1.82. The van der Waals surface area contributed by atoms with Crippen LogP contribution in [0, 0.1) is 0 Å². The zero-order chi connectivity index (χ0) is 9.70. The van der Waals surface area contributed by atoms with E-state index in [0.717, 1.165) is 6.08 Å². The van der Waals surface area contributed by atoms with Crippen LogP contribution in [0.25, 0.3) is 0 Å². The number of hydrogen-bond donors (Lipinski definition) is 1. The number of carboxylic acids is 1. The molecule has 0 aromatic heterocycles. The quantitative estimate of drug-likeness (QED) is 0.599. The van der Waals surface area contributed by atoms with Gasteiger partial charge in [-0.1, -0.05) is 26.8 Å². The number of aliphatic carboxylic acids is 1. The number of hydrogen-bond acceptors (Lipinski definition) is 2. The first-order valence-corrected chi connectivity index (χ1v) is 3.36. The summed E-state index contributed by atoms with van der Waals surface area (Å²) in [6.07, 6.45) is 2.08. The molecule has 0 aliphatic rings. The van der Waals surface area contributed by atoms with Gasteiger partial charge in [0.05, 0.1) is 0 Å². The molecule has 3 heteroatoms. The summed E-state index contributed by atoms with van der Waals surface area (Å²) in [5.41, 5.74) is 0. The predicted octanol–water partition coefficient (Wildman–Crippen LogP) is 1.94. The van der Waals surface area contributed by atoms with Gasteiger partial charge in [-0.2, -0.15) is 0 Å². The number of ether oxygens (including phenoxy) is 1. The van der Waals surface area contributed by atoms with E-state index in [9.17, 15) is 4.79 Å². The van der Waals surface area contributed by atoms with E-state index in [0.29, 0.717) is 0 Å². The fourth-order valence-electron chi connectivity index (χ4n) is 0. The molecule has 0 radical (unpaired) electrons. The Bertz CT molecular complexity index is 77.4. The molecule has 0 unspecified atom stereocenters. The highest BCUT2D eigenvalue weighted by molar-refractivity contribution is 5.78. The first-order valence-electron chi connectivity index (χ1n) is 3.36. The van der Waals surface area contributed by atoms with E-state index < -0.39 is 5.97 Å². The lowest BCUT2D eigenvalue weighted by Gasteiger charge is -1.64. The summed E-state index contributed by atoms with van der Waals surface area (Å²) in [7, 11) is 3.25. The Balaban J connectivity index is -0.0000000933. The number of carbonyl (C=O) groups is 1. The average molecular weight is 162 g/mol. The van der Waals surface area contributed by atoms with Crippen LogP contribution in [0.4, 0.5) is 0 Å². The van der Waals surface area contributed by atoms with E-state index in [-0.39, 0.29) is 0 Å². The predicted molar refractivity (Wildman–Crippen MR) is 46.7 cm³/mol. The minimum Gasteiger partial charge on any atom is -0.478 e. The Morgan fingerprint density at radius 2 is 1.64 bits per heavy atom. The van der Waals surface area contributed by atoms with Gasteiger partial charge in [0.1, 0.15) is 0 Å². The molecule has 0 saturated heterocycles. The Kier molecular flexibility index (Phi) is 34.6. The Morgan fingerprint density at radius 3 is 1.64 bits per heavy atom. The van der Waals surface area contributed by atoms with Crippen LogP contribution in [0.5, 0.6) is 0 Å². The molecule has 0 aromatic carbocycles. The van der Waals surface area contributed by atoms with Crippen molar-refractivity contribution in [2.24, 2.45) is 0 Å². The molecule has 0 fully saturated rings. The summed E-state index contributed by atoms with van der Waals surface area (Å²) in [5, 5.41) is 7.60. The molecule has 0 spiro atoms. The summed E-state index contributed by atoms with van der Waals surface area (Å²) in [4.78, 5) is 9.25. The average Bonchev–Trinajstić information content (AvgIpc) is 1.91. The molecule has 0 aromatic rings. The third kappa shape index (κ3) is 344. The van der Waals surface area contributed by atoms with Crippen LogP contribution in [0.1, 0.15) is 20.3 Å². The third-order valence-corrected chi connectivity index (χ3v) is 0.175. The number of methoxy groups -OCH3 is 1. The zero-order valence-electron chi connectivity index (χ0n) is 7.76. The highest BCUT2D eigenvalue weighted by Crippen LogP contribution is 1.56. The second-order valence-electron chi connectivity index (χ2n) is 1.66. The molecule has 0 heterocycles. The molecular formula is C8H18O3. The summed E-state index contributed by atoms with van der Waals surface area (Å²) in [5.74, 6) is -0.981. The van der Waals surface area contributed by atoms with Crippen molar-refractivity contribution < 1.29 is 14.6 Å². The molecule has 11 heavy (non-hydrogen) atoms. The van der Waals surface area contributed by atoms with Gasteiger partial charge in [-0.05, 0) is 0 Å². The summed E-state index contributed by atoms with van der Waals surface area (Å²) in [6, 6.07) is 0. The molecule has 3 nitrogen and oxygen atoms in total. The largest absolute Gasteiger partial charge is 0.478 e. The smallest absolute Gasteiger partial charge is 0.327 e. The molecule has 0 bridgehead atoms. The van der Waals surface area contributed by atoms with Crippen LogP contribution in [0.15, 0.2) is 12.7 Å². The summed E-state index contributed by atoms with van der Waals surface area (Å²) < 4.78 is 4.25. The summed E-state index contributed by atoms with van der Waals surface area (Å²) in [6.45, 7) is 7.21. The van der Waals surface area contributed by atoms with Gasteiger partial charge in [0.15, 0.2) is 0 Å². The summed E-state index contributed by atoms with van der Waals surface area (Å²) >= 11 is 0. The van der Waals surface area contributed by atoms with Crippen LogP contribution in [-0.2, 0) is 9.53 Å². The van der Waals surface area contributed by atoms with Crippen molar-refractivity contribution in [3.05, 3.63) is 12.7 Å². The second-order valence-corrected chi connectivity index (χ2v) is 1.66. The monoisotopic (exact) mass is 162 g/mol. The van der Waals surface area contributed by atoms with Crippen molar-refractivity contribution in [2.45, 2.75) is 20.3 Å². The molecule has 1 N–H and O–H groups in total. The van der Waals surface area contributed by atoms with Gasteiger partial charge in [-0.15, -0.1) is 0 Å². The van der Waals surface area contributed by atoms with Gasteiger partial charge in [0.2, 0.25) is 0 Å². The molecule has 68 valence electrons. The highest BCUT2D eigenvalue weighted by Gasteiger charge is 1.73. The van der Waals surface area contributed by atoms with Crippen molar-refractivity contribution >= 4 is 5.97 Å². The van der Waals surface area contributed by atoms with Crippen LogP contribution in [-0.4, -0.2) is 25.3 Å². The first kappa shape index (κ1) is 16.6. The van der Waals surface area contributed by atoms with Crippen molar-refractivity contribution in [1.29, 1.82) is 0 Å². The van der Waals surface area contributed by atoms with E-state index >= 15 is 0 Å². The standard InChI is InChI=1S/C3H4O2.C3H8.C2H6O/c1-2-3(4)5;2*1-3-2/h2H,1H2,(H,4,5);3H2,1-2H3;1-2H3. The van der Waals surface area contributed by atoms with E-state index in [4.69, 9.17) is 5.11 Å². The van der Waals surface area contributed by atoms with Gasteiger partial charge in [-0.3, -0.25) is 0 Å². The second kappa shape index (κ2) is 22.9.